The predicted octanol–water partition coefficient (Wildman–Crippen LogP) is 2.97. The van der Waals surface area contributed by atoms with Crippen molar-refractivity contribution in [2.75, 3.05) is 0 Å². The van der Waals surface area contributed by atoms with Gasteiger partial charge in [0.25, 0.3) is 5.91 Å². The number of nitrogens with one attached hydrogen (secondary N) is 1. The SMILES string of the molecule is O=C(NO)c1ccc2oc(-c3cc(Cl)ccc3O)nc2c1. The number of hydrogen-bond acceptors (Lipinski definition) is 5. The van der Waals surface area contributed by atoms with Crippen LogP contribution in [0.5, 0.6) is 5.75 Å². The maximum atomic E-state index is 11.4. The van der Waals surface area contributed by atoms with Crippen molar-refractivity contribution in [3.63, 3.8) is 0 Å². The van der Waals surface area contributed by atoms with E-state index in [-0.39, 0.29) is 17.2 Å². The Morgan fingerprint density at radius 2 is 2.05 bits per heavy atom. The number of nitrogens with zero attached hydrogens (tertiary/aromatic N) is 1. The Labute approximate surface area is 123 Å². The zero-order valence-corrected chi connectivity index (χ0v) is 11.3. The summed E-state index contributed by atoms with van der Waals surface area (Å²) < 4.78 is 5.53. The van der Waals surface area contributed by atoms with Gasteiger partial charge in [0.2, 0.25) is 5.89 Å². The standard InChI is InChI=1S/C14H9ClN2O4/c15-8-2-3-11(18)9(6-8)14-16-10-5-7(13(19)17-20)1-4-12(10)21-14/h1-6,18,20H,(H,17,19). The molecule has 0 unspecified atom stereocenters. The molecule has 7 heteroatoms. The summed E-state index contributed by atoms with van der Waals surface area (Å²) in [5.74, 6) is -0.474. The Hall–Kier alpha value is -2.57. The molecule has 0 aliphatic carbocycles. The number of amides is 1. The van der Waals surface area contributed by atoms with Crippen molar-refractivity contribution < 1.29 is 19.5 Å². The van der Waals surface area contributed by atoms with Crippen molar-refractivity contribution in [3.8, 4) is 17.2 Å². The van der Waals surface area contributed by atoms with E-state index in [0.717, 1.165) is 0 Å². The number of benzene rings is 2. The van der Waals surface area contributed by atoms with Crippen molar-refractivity contribution in [3.05, 3.63) is 47.0 Å². The van der Waals surface area contributed by atoms with Crippen LogP contribution in [0.15, 0.2) is 40.8 Å². The second-order valence-electron chi connectivity index (χ2n) is 4.30. The number of hydroxylamine groups is 1. The van der Waals surface area contributed by atoms with E-state index in [1.807, 2.05) is 0 Å². The van der Waals surface area contributed by atoms with Gasteiger partial charge in [-0.05, 0) is 36.4 Å². The van der Waals surface area contributed by atoms with Gasteiger partial charge in [-0.1, -0.05) is 11.6 Å². The van der Waals surface area contributed by atoms with Gasteiger partial charge in [-0.2, -0.15) is 0 Å². The van der Waals surface area contributed by atoms with Crippen LogP contribution in [0.1, 0.15) is 10.4 Å². The van der Waals surface area contributed by atoms with E-state index in [2.05, 4.69) is 4.98 Å². The summed E-state index contributed by atoms with van der Waals surface area (Å²) in [6.07, 6.45) is 0. The number of halogens is 1. The van der Waals surface area contributed by atoms with Crippen LogP contribution in [0.4, 0.5) is 0 Å². The maximum absolute atomic E-state index is 11.4. The lowest BCUT2D eigenvalue weighted by Crippen LogP contribution is -2.18. The van der Waals surface area contributed by atoms with Gasteiger partial charge in [0.1, 0.15) is 11.3 Å². The molecule has 0 radical (unpaired) electrons. The third kappa shape index (κ3) is 2.42. The summed E-state index contributed by atoms with van der Waals surface area (Å²) >= 11 is 5.89. The van der Waals surface area contributed by atoms with Gasteiger partial charge >= 0.3 is 0 Å². The first-order chi connectivity index (χ1) is 10.1. The number of carbonyl (C=O) groups is 1. The molecular weight excluding hydrogens is 296 g/mol. The minimum absolute atomic E-state index is 0.0146. The van der Waals surface area contributed by atoms with E-state index in [1.54, 1.807) is 17.6 Å². The van der Waals surface area contributed by atoms with Gasteiger partial charge in [0, 0.05) is 10.6 Å². The van der Waals surface area contributed by atoms with E-state index < -0.39 is 5.91 Å². The molecule has 21 heavy (non-hydrogen) atoms. The average Bonchev–Trinajstić information content (AvgIpc) is 2.91. The number of carbonyl (C=O) groups excluding carboxylic acids is 1. The fraction of sp³-hybridized carbons (Fsp3) is 0. The van der Waals surface area contributed by atoms with E-state index in [1.165, 1.54) is 24.3 Å². The lowest BCUT2D eigenvalue weighted by Gasteiger charge is -1.99. The summed E-state index contributed by atoms with van der Waals surface area (Å²) in [5, 5.41) is 18.9. The first-order valence-electron chi connectivity index (χ1n) is 5.92. The van der Waals surface area contributed by atoms with Crippen LogP contribution in [0.25, 0.3) is 22.6 Å². The molecule has 0 saturated heterocycles. The molecule has 0 spiro atoms. The minimum atomic E-state index is -0.646. The van der Waals surface area contributed by atoms with Crippen molar-refractivity contribution in [2.45, 2.75) is 0 Å². The molecule has 106 valence electrons. The molecule has 0 aliphatic heterocycles. The minimum Gasteiger partial charge on any atom is -0.507 e. The zero-order chi connectivity index (χ0) is 15.0. The number of phenolic OH excluding ortho intramolecular Hbond substituents is 1. The molecule has 2 aromatic carbocycles. The number of fused-ring (bicyclic) bond motifs is 1. The van der Waals surface area contributed by atoms with Gasteiger partial charge in [0.15, 0.2) is 5.58 Å². The molecule has 1 aromatic heterocycles. The molecule has 1 amide bonds. The fourth-order valence-electron chi connectivity index (χ4n) is 1.93. The molecule has 6 nitrogen and oxygen atoms in total. The summed E-state index contributed by atoms with van der Waals surface area (Å²) in [6.45, 7) is 0. The van der Waals surface area contributed by atoms with E-state index in [0.29, 0.717) is 21.7 Å². The van der Waals surface area contributed by atoms with Gasteiger partial charge in [-0.25, -0.2) is 10.5 Å². The van der Waals surface area contributed by atoms with E-state index in [4.69, 9.17) is 21.2 Å². The number of phenols is 1. The van der Waals surface area contributed by atoms with Crippen LogP contribution >= 0.6 is 11.6 Å². The predicted molar refractivity (Wildman–Crippen MR) is 75.4 cm³/mol. The molecule has 0 fully saturated rings. The molecule has 0 saturated carbocycles. The molecule has 3 rings (SSSR count). The topological polar surface area (TPSA) is 95.6 Å². The highest BCUT2D eigenvalue weighted by atomic mass is 35.5. The van der Waals surface area contributed by atoms with Crippen molar-refractivity contribution in [2.24, 2.45) is 0 Å². The van der Waals surface area contributed by atoms with Gasteiger partial charge in [-0.15, -0.1) is 0 Å². The second kappa shape index (κ2) is 5.08. The number of hydrogen-bond donors (Lipinski definition) is 3. The lowest BCUT2D eigenvalue weighted by atomic mass is 10.2. The van der Waals surface area contributed by atoms with Crippen LogP contribution in [0, 0.1) is 0 Å². The Bertz CT molecular complexity index is 844. The first-order valence-corrected chi connectivity index (χ1v) is 6.30. The Balaban J connectivity index is 2.13. The highest BCUT2D eigenvalue weighted by Gasteiger charge is 2.14. The first kappa shape index (κ1) is 13.4. The zero-order valence-electron chi connectivity index (χ0n) is 10.5. The quantitative estimate of drug-likeness (QED) is 0.499. The summed E-state index contributed by atoms with van der Waals surface area (Å²) in [6, 6.07) is 9.03. The van der Waals surface area contributed by atoms with Crippen LogP contribution < -0.4 is 5.48 Å². The second-order valence-corrected chi connectivity index (χ2v) is 4.74. The monoisotopic (exact) mass is 304 g/mol. The Morgan fingerprint density at radius 3 is 2.81 bits per heavy atom. The largest absolute Gasteiger partial charge is 0.507 e. The lowest BCUT2D eigenvalue weighted by molar-refractivity contribution is 0.0706. The Kier molecular flexibility index (Phi) is 3.25. The summed E-state index contributed by atoms with van der Waals surface area (Å²) in [4.78, 5) is 15.6. The smallest absolute Gasteiger partial charge is 0.274 e. The van der Waals surface area contributed by atoms with Crippen LogP contribution in [-0.2, 0) is 0 Å². The molecular formula is C14H9ClN2O4. The number of oxazole rings is 1. The Morgan fingerprint density at radius 1 is 1.24 bits per heavy atom. The molecule has 3 aromatic rings. The molecule has 0 bridgehead atoms. The average molecular weight is 305 g/mol. The number of rotatable bonds is 2. The summed E-state index contributed by atoms with van der Waals surface area (Å²) in [7, 11) is 0. The molecule has 3 N–H and O–H groups in total. The van der Waals surface area contributed by atoms with E-state index in [9.17, 15) is 9.90 Å². The maximum Gasteiger partial charge on any atom is 0.274 e. The molecule has 0 atom stereocenters. The summed E-state index contributed by atoms with van der Waals surface area (Å²) in [5.41, 5.74) is 3.00. The van der Waals surface area contributed by atoms with Crippen molar-refractivity contribution in [1.29, 1.82) is 0 Å². The molecule has 1 heterocycles. The normalized spacial score (nSPS) is 10.8. The van der Waals surface area contributed by atoms with Gasteiger partial charge in [0.05, 0.1) is 5.56 Å². The van der Waals surface area contributed by atoms with Crippen LogP contribution in [-0.4, -0.2) is 21.2 Å². The molecule has 0 aliphatic rings. The van der Waals surface area contributed by atoms with Gasteiger partial charge < -0.3 is 9.52 Å². The van der Waals surface area contributed by atoms with Crippen LogP contribution in [0.2, 0.25) is 5.02 Å². The highest BCUT2D eigenvalue weighted by Crippen LogP contribution is 2.33. The van der Waals surface area contributed by atoms with E-state index >= 15 is 0 Å². The van der Waals surface area contributed by atoms with Crippen LogP contribution in [0.3, 0.4) is 0 Å². The third-order valence-corrected chi connectivity index (χ3v) is 3.18. The van der Waals surface area contributed by atoms with Gasteiger partial charge in [-0.3, -0.25) is 10.0 Å². The highest BCUT2D eigenvalue weighted by molar-refractivity contribution is 6.30. The number of aromatic hydroxyl groups is 1. The fourth-order valence-corrected chi connectivity index (χ4v) is 2.10. The van der Waals surface area contributed by atoms with Crippen molar-refractivity contribution in [1.82, 2.24) is 10.5 Å². The third-order valence-electron chi connectivity index (χ3n) is 2.94. The van der Waals surface area contributed by atoms with Crippen molar-refractivity contribution >= 4 is 28.6 Å². The number of aromatic nitrogens is 1.